The van der Waals surface area contributed by atoms with Gasteiger partial charge in [-0.3, -0.25) is 4.90 Å². The summed E-state index contributed by atoms with van der Waals surface area (Å²) in [5, 5.41) is 20.5. The highest BCUT2D eigenvalue weighted by Gasteiger charge is 2.45. The van der Waals surface area contributed by atoms with E-state index in [1.165, 1.54) is 0 Å². The first-order chi connectivity index (χ1) is 11.5. The molecule has 0 bridgehead atoms. The number of piperidine rings is 1. The number of ether oxygens (including phenoxy) is 1. The highest BCUT2D eigenvalue weighted by atomic mass is 16.5. The van der Waals surface area contributed by atoms with Gasteiger partial charge in [-0.15, -0.1) is 0 Å². The second-order valence-corrected chi connectivity index (χ2v) is 7.23. The number of nitrogens with zero attached hydrogens (tertiary/aromatic N) is 1. The molecule has 1 aromatic carbocycles. The van der Waals surface area contributed by atoms with Gasteiger partial charge in [-0.05, 0) is 42.7 Å². The molecule has 0 saturated carbocycles. The Hall–Kier alpha value is -1.43. The zero-order valence-corrected chi connectivity index (χ0v) is 14.3. The van der Waals surface area contributed by atoms with Gasteiger partial charge in [0.15, 0.2) is 0 Å². The molecule has 0 unspecified atom stereocenters. The van der Waals surface area contributed by atoms with Gasteiger partial charge in [-0.2, -0.15) is 0 Å². The maximum absolute atomic E-state index is 11.4. The number of rotatable bonds is 4. The Kier molecular flexibility index (Phi) is 5.23. The van der Waals surface area contributed by atoms with Crippen LogP contribution in [0.4, 0.5) is 0 Å². The summed E-state index contributed by atoms with van der Waals surface area (Å²) in [5.41, 5.74) is 0.594. The molecule has 0 aromatic heterocycles. The monoisotopic (exact) mass is 333 g/mol. The summed E-state index contributed by atoms with van der Waals surface area (Å²) >= 11 is 0. The van der Waals surface area contributed by atoms with Crippen LogP contribution in [0.5, 0.6) is 0 Å². The standard InChI is InChI=1S/C19H27NO4/c1-14-12-20(13-15-4-2-3-5-17(15)18(21)22)9-8-19(14,23)16-6-10-24-11-7-16/h2-5,14,16,23H,6-13H2,1H3,(H,21,22)/t14-,19+/m1/s1. The Bertz CT molecular complexity index is 584. The molecule has 0 aliphatic carbocycles. The maximum Gasteiger partial charge on any atom is 0.336 e. The van der Waals surface area contributed by atoms with E-state index in [2.05, 4.69) is 11.8 Å². The van der Waals surface area contributed by atoms with Crippen LogP contribution < -0.4 is 0 Å². The van der Waals surface area contributed by atoms with Gasteiger partial charge in [-0.25, -0.2) is 4.79 Å². The molecular formula is C19H27NO4. The third-order valence-electron chi connectivity index (χ3n) is 5.78. The number of carboxylic acids is 1. The molecule has 5 nitrogen and oxygen atoms in total. The van der Waals surface area contributed by atoms with Crippen LogP contribution in [0.1, 0.15) is 42.1 Å². The fourth-order valence-electron chi connectivity index (χ4n) is 4.28. The lowest BCUT2D eigenvalue weighted by molar-refractivity contribution is -0.131. The number of hydrogen-bond donors (Lipinski definition) is 2. The van der Waals surface area contributed by atoms with Gasteiger partial charge in [0.2, 0.25) is 0 Å². The summed E-state index contributed by atoms with van der Waals surface area (Å²) < 4.78 is 5.43. The number of hydrogen-bond acceptors (Lipinski definition) is 4. The van der Waals surface area contributed by atoms with Crippen molar-refractivity contribution in [3.63, 3.8) is 0 Å². The topological polar surface area (TPSA) is 70.0 Å². The molecule has 2 N–H and O–H groups in total. The highest BCUT2D eigenvalue weighted by molar-refractivity contribution is 5.89. The molecule has 132 valence electrons. The van der Waals surface area contributed by atoms with Crippen LogP contribution in [0.3, 0.4) is 0 Å². The number of aliphatic hydroxyl groups is 1. The van der Waals surface area contributed by atoms with Gasteiger partial charge >= 0.3 is 5.97 Å². The van der Waals surface area contributed by atoms with Crippen molar-refractivity contribution in [3.8, 4) is 0 Å². The molecule has 2 atom stereocenters. The summed E-state index contributed by atoms with van der Waals surface area (Å²) in [6.07, 6.45) is 2.61. The number of likely N-dealkylation sites (tertiary alicyclic amines) is 1. The van der Waals surface area contributed by atoms with E-state index in [0.29, 0.717) is 18.0 Å². The van der Waals surface area contributed by atoms with Crippen molar-refractivity contribution in [2.24, 2.45) is 11.8 Å². The highest BCUT2D eigenvalue weighted by Crippen LogP contribution is 2.39. The zero-order chi connectivity index (χ0) is 17.2. The van der Waals surface area contributed by atoms with Crippen LogP contribution in [0.2, 0.25) is 0 Å². The van der Waals surface area contributed by atoms with Gasteiger partial charge in [0.25, 0.3) is 0 Å². The molecular weight excluding hydrogens is 306 g/mol. The molecule has 2 aliphatic rings. The van der Waals surface area contributed by atoms with Gasteiger partial charge in [0.05, 0.1) is 11.2 Å². The van der Waals surface area contributed by atoms with Crippen LogP contribution in [-0.2, 0) is 11.3 Å². The van der Waals surface area contributed by atoms with Crippen molar-refractivity contribution in [1.29, 1.82) is 0 Å². The molecule has 2 fully saturated rings. The lowest BCUT2D eigenvalue weighted by Crippen LogP contribution is -2.55. The van der Waals surface area contributed by atoms with Crippen LogP contribution in [0.25, 0.3) is 0 Å². The second-order valence-electron chi connectivity index (χ2n) is 7.23. The molecule has 0 amide bonds. The lowest BCUT2D eigenvalue weighted by atomic mass is 9.70. The number of aromatic carboxylic acids is 1. The van der Waals surface area contributed by atoms with Crippen molar-refractivity contribution in [3.05, 3.63) is 35.4 Å². The van der Waals surface area contributed by atoms with E-state index >= 15 is 0 Å². The average molecular weight is 333 g/mol. The average Bonchev–Trinajstić information content (AvgIpc) is 2.59. The van der Waals surface area contributed by atoms with E-state index in [1.807, 2.05) is 12.1 Å². The van der Waals surface area contributed by atoms with Crippen LogP contribution in [0.15, 0.2) is 24.3 Å². The quantitative estimate of drug-likeness (QED) is 0.885. The minimum atomic E-state index is -0.880. The van der Waals surface area contributed by atoms with Crippen LogP contribution in [-0.4, -0.2) is 53.0 Å². The summed E-state index contributed by atoms with van der Waals surface area (Å²) in [4.78, 5) is 13.6. The van der Waals surface area contributed by atoms with Crippen molar-refractivity contribution in [2.45, 2.75) is 38.3 Å². The fourth-order valence-corrected chi connectivity index (χ4v) is 4.28. The molecule has 24 heavy (non-hydrogen) atoms. The summed E-state index contributed by atoms with van der Waals surface area (Å²) in [6.45, 7) is 5.82. The fraction of sp³-hybridized carbons (Fsp3) is 0.632. The molecule has 1 aromatic rings. The number of carbonyl (C=O) groups is 1. The van der Waals surface area contributed by atoms with Gasteiger partial charge < -0.3 is 14.9 Å². The maximum atomic E-state index is 11.4. The largest absolute Gasteiger partial charge is 0.478 e. The van der Waals surface area contributed by atoms with Crippen LogP contribution in [0, 0.1) is 11.8 Å². The Morgan fingerprint density at radius 3 is 2.71 bits per heavy atom. The third kappa shape index (κ3) is 3.48. The Morgan fingerprint density at radius 2 is 2.04 bits per heavy atom. The Labute approximate surface area is 143 Å². The minimum Gasteiger partial charge on any atom is -0.478 e. The smallest absolute Gasteiger partial charge is 0.336 e. The van der Waals surface area contributed by atoms with Crippen molar-refractivity contribution < 1.29 is 19.7 Å². The molecule has 3 rings (SSSR count). The number of carboxylic acid groups (broad SMARTS) is 1. The molecule has 2 saturated heterocycles. The van der Waals surface area contributed by atoms with Crippen molar-refractivity contribution in [1.82, 2.24) is 4.90 Å². The van der Waals surface area contributed by atoms with Crippen molar-refractivity contribution in [2.75, 3.05) is 26.3 Å². The van der Waals surface area contributed by atoms with Gasteiger partial charge in [-0.1, -0.05) is 25.1 Å². The van der Waals surface area contributed by atoms with E-state index in [1.54, 1.807) is 12.1 Å². The summed E-state index contributed by atoms with van der Waals surface area (Å²) in [5.74, 6) is -0.393. The Balaban J connectivity index is 1.66. The molecule has 0 radical (unpaired) electrons. The zero-order valence-electron chi connectivity index (χ0n) is 14.3. The van der Waals surface area contributed by atoms with Crippen LogP contribution >= 0.6 is 0 Å². The SMILES string of the molecule is C[C@@H]1CN(Cc2ccccc2C(=O)O)CC[C@@]1(O)C1CCOCC1. The predicted molar refractivity (Wildman–Crippen MR) is 91.0 cm³/mol. The van der Waals surface area contributed by atoms with E-state index in [4.69, 9.17) is 4.74 Å². The summed E-state index contributed by atoms with van der Waals surface area (Å²) in [7, 11) is 0. The third-order valence-corrected chi connectivity index (χ3v) is 5.78. The van der Waals surface area contributed by atoms with Gasteiger partial charge in [0.1, 0.15) is 0 Å². The molecule has 0 spiro atoms. The first-order valence-corrected chi connectivity index (χ1v) is 8.84. The number of benzene rings is 1. The molecule has 2 aliphatic heterocycles. The van der Waals surface area contributed by atoms with Gasteiger partial charge in [0, 0.05) is 32.8 Å². The van der Waals surface area contributed by atoms with E-state index in [0.717, 1.165) is 51.1 Å². The first-order valence-electron chi connectivity index (χ1n) is 8.84. The van der Waals surface area contributed by atoms with E-state index < -0.39 is 11.6 Å². The minimum absolute atomic E-state index is 0.173. The lowest BCUT2D eigenvalue weighted by Gasteiger charge is -2.48. The van der Waals surface area contributed by atoms with E-state index in [9.17, 15) is 15.0 Å². The predicted octanol–water partition coefficient (Wildman–Crippen LogP) is 2.38. The van der Waals surface area contributed by atoms with E-state index in [-0.39, 0.29) is 5.92 Å². The molecule has 2 heterocycles. The van der Waals surface area contributed by atoms with Crippen molar-refractivity contribution >= 4 is 5.97 Å². The first kappa shape index (κ1) is 17.4. The molecule has 5 heteroatoms. The normalized spacial score (nSPS) is 29.5. The second kappa shape index (κ2) is 7.21. The Morgan fingerprint density at radius 1 is 1.33 bits per heavy atom. The summed E-state index contributed by atoms with van der Waals surface area (Å²) in [6, 6.07) is 7.18.